The molecule has 9 heteroatoms. The predicted octanol–water partition coefficient (Wildman–Crippen LogP) is 1.28. The van der Waals surface area contributed by atoms with Gasteiger partial charge in [0.15, 0.2) is 11.6 Å². The van der Waals surface area contributed by atoms with E-state index in [2.05, 4.69) is 21.7 Å². The maximum atomic E-state index is 12.6. The normalized spacial score (nSPS) is 15.4. The Morgan fingerprint density at radius 1 is 1.30 bits per heavy atom. The van der Waals surface area contributed by atoms with Crippen molar-refractivity contribution in [2.24, 2.45) is 0 Å². The summed E-state index contributed by atoms with van der Waals surface area (Å²) in [5, 5.41) is 15.3. The van der Waals surface area contributed by atoms with Crippen LogP contribution in [0.1, 0.15) is 30.2 Å². The lowest BCUT2D eigenvalue weighted by Gasteiger charge is -2.32. The third-order valence-corrected chi connectivity index (χ3v) is 4.24. The van der Waals surface area contributed by atoms with Crippen molar-refractivity contribution < 1.29 is 24.2 Å². The minimum Gasteiger partial charge on any atom is -0.497 e. The van der Waals surface area contributed by atoms with Gasteiger partial charge >= 0.3 is 0 Å². The molecule has 1 aliphatic rings. The number of amides is 1. The van der Waals surface area contributed by atoms with Crippen molar-refractivity contribution >= 4 is 12.4 Å². The van der Waals surface area contributed by atoms with Crippen LogP contribution in [0.4, 0.5) is 0 Å². The third kappa shape index (κ3) is 5.04. The number of carbonyl (C=O) groups excluding carboxylic acids is 1. The second kappa shape index (κ2) is 9.67. The number of ether oxygens (including phenoxy) is 2. The summed E-state index contributed by atoms with van der Waals surface area (Å²) >= 11 is 0. The van der Waals surface area contributed by atoms with Gasteiger partial charge in [-0.1, -0.05) is 12.1 Å². The highest BCUT2D eigenvalue weighted by molar-refractivity contribution is 5.79. The number of fused-ring (bicyclic) bond motifs is 1. The summed E-state index contributed by atoms with van der Waals surface area (Å²) in [5.41, 5.74) is 0.973. The fraction of sp³-hybridized carbons (Fsp3) is 0.444. The molecule has 1 aliphatic heterocycles. The molecule has 0 unspecified atom stereocenters. The Kier molecular flexibility index (Phi) is 7.30. The number of hydrogen-bond donors (Lipinski definition) is 1. The van der Waals surface area contributed by atoms with E-state index in [9.17, 15) is 4.79 Å². The molecule has 2 heterocycles. The smallest absolute Gasteiger partial charge is 0.290 e. The molecule has 27 heavy (non-hydrogen) atoms. The fourth-order valence-corrected chi connectivity index (χ4v) is 3.06. The fourth-order valence-electron chi connectivity index (χ4n) is 3.06. The van der Waals surface area contributed by atoms with Gasteiger partial charge in [0.25, 0.3) is 6.47 Å². The van der Waals surface area contributed by atoms with E-state index in [0.29, 0.717) is 26.1 Å². The minimum atomic E-state index is -0.250. The lowest BCUT2D eigenvalue weighted by molar-refractivity contribution is -0.132. The van der Waals surface area contributed by atoms with Crippen molar-refractivity contribution in [3.8, 4) is 5.75 Å². The Labute approximate surface area is 157 Å². The molecule has 0 spiro atoms. The Hall–Kier alpha value is -2.94. The van der Waals surface area contributed by atoms with Gasteiger partial charge < -0.3 is 24.0 Å². The summed E-state index contributed by atoms with van der Waals surface area (Å²) in [6, 6.07) is 7.71. The van der Waals surface area contributed by atoms with Crippen LogP contribution in [0.15, 0.2) is 24.3 Å². The van der Waals surface area contributed by atoms with Crippen LogP contribution in [-0.2, 0) is 33.9 Å². The summed E-state index contributed by atoms with van der Waals surface area (Å²) in [6.07, 6.45) is 0.371. The molecule has 9 nitrogen and oxygen atoms in total. The second-order valence-corrected chi connectivity index (χ2v) is 6.09. The van der Waals surface area contributed by atoms with Gasteiger partial charge in [-0.2, -0.15) is 0 Å². The van der Waals surface area contributed by atoms with Crippen LogP contribution >= 0.6 is 0 Å². The molecule has 0 saturated heterocycles. The molecular weight excluding hydrogens is 352 g/mol. The molecule has 3 rings (SSSR count). The van der Waals surface area contributed by atoms with E-state index in [1.165, 1.54) is 0 Å². The van der Waals surface area contributed by atoms with Gasteiger partial charge in [0.2, 0.25) is 5.91 Å². The molecule has 1 amide bonds. The van der Waals surface area contributed by atoms with Gasteiger partial charge in [-0.15, -0.1) is 10.2 Å². The van der Waals surface area contributed by atoms with Crippen molar-refractivity contribution in [1.82, 2.24) is 19.7 Å². The topological polar surface area (TPSA) is 107 Å². The van der Waals surface area contributed by atoms with Crippen LogP contribution in [0, 0.1) is 0 Å². The van der Waals surface area contributed by atoms with Crippen LogP contribution in [-0.4, -0.2) is 57.9 Å². The zero-order valence-electron chi connectivity index (χ0n) is 15.7. The van der Waals surface area contributed by atoms with E-state index in [4.69, 9.17) is 19.4 Å². The molecule has 146 valence electrons. The average Bonchev–Trinajstić information content (AvgIpc) is 3.07. The number of methoxy groups -OCH3 is 2. The Bertz CT molecular complexity index is 760. The number of benzene rings is 1. The summed E-state index contributed by atoms with van der Waals surface area (Å²) in [4.78, 5) is 22.8. The number of aromatic nitrogens is 3. The van der Waals surface area contributed by atoms with E-state index in [-0.39, 0.29) is 18.4 Å². The van der Waals surface area contributed by atoms with Crippen molar-refractivity contribution in [2.75, 3.05) is 20.8 Å². The summed E-state index contributed by atoms with van der Waals surface area (Å²) in [7, 11) is 3.27. The molecule has 0 aliphatic carbocycles. The largest absolute Gasteiger partial charge is 0.497 e. The Morgan fingerprint density at radius 3 is 2.56 bits per heavy atom. The molecule has 1 atom stereocenters. The lowest BCUT2D eigenvalue weighted by Crippen LogP contribution is -2.41. The first-order chi connectivity index (χ1) is 13.0. The first kappa shape index (κ1) is 20.4. The van der Waals surface area contributed by atoms with Gasteiger partial charge in [-0.05, 0) is 24.6 Å². The zero-order chi connectivity index (χ0) is 19.8. The van der Waals surface area contributed by atoms with Crippen molar-refractivity contribution in [1.29, 1.82) is 0 Å². The van der Waals surface area contributed by atoms with Gasteiger partial charge in [0, 0.05) is 13.7 Å². The van der Waals surface area contributed by atoms with Crippen LogP contribution in [0.3, 0.4) is 0 Å². The van der Waals surface area contributed by atoms with Crippen molar-refractivity contribution in [2.45, 2.75) is 32.5 Å². The van der Waals surface area contributed by atoms with Gasteiger partial charge in [-0.3, -0.25) is 9.59 Å². The van der Waals surface area contributed by atoms with Crippen LogP contribution < -0.4 is 4.74 Å². The molecule has 1 aromatic carbocycles. The number of carboxylic acid groups (broad SMARTS) is 1. The maximum Gasteiger partial charge on any atom is 0.290 e. The summed E-state index contributed by atoms with van der Waals surface area (Å²) < 4.78 is 12.4. The Morgan fingerprint density at radius 2 is 1.96 bits per heavy atom. The van der Waals surface area contributed by atoms with Crippen LogP contribution in [0.25, 0.3) is 0 Å². The maximum absolute atomic E-state index is 12.6. The SMILES string of the molecule is COCc1nnc2n1[C@@H](C)CN(C(=O)Cc1ccc(OC)cc1)C2.O=CO. The average molecular weight is 376 g/mol. The van der Waals surface area contributed by atoms with E-state index in [1.54, 1.807) is 14.2 Å². The second-order valence-electron chi connectivity index (χ2n) is 6.09. The lowest BCUT2D eigenvalue weighted by atomic mass is 10.1. The van der Waals surface area contributed by atoms with Gasteiger partial charge in [0.05, 0.1) is 26.1 Å². The highest BCUT2D eigenvalue weighted by Gasteiger charge is 2.28. The molecule has 0 fully saturated rings. The quantitative estimate of drug-likeness (QED) is 0.783. The number of carbonyl (C=O) groups is 2. The first-order valence-corrected chi connectivity index (χ1v) is 8.44. The van der Waals surface area contributed by atoms with Gasteiger partial charge in [0.1, 0.15) is 12.4 Å². The number of hydrogen-bond acceptors (Lipinski definition) is 6. The minimum absolute atomic E-state index is 0.0922. The standard InChI is InChI=1S/C17H22N4O3.CH2O2/c1-12-9-20(10-15-18-19-16(11-23-2)21(12)15)17(22)8-13-4-6-14(24-3)7-5-13;2-1-3/h4-7,12H,8-11H2,1-3H3;1H,(H,2,3)/t12-;/m0./s1. The van der Waals surface area contributed by atoms with E-state index < -0.39 is 0 Å². The van der Waals surface area contributed by atoms with E-state index >= 15 is 0 Å². The van der Waals surface area contributed by atoms with E-state index in [0.717, 1.165) is 23.0 Å². The molecule has 2 aromatic rings. The van der Waals surface area contributed by atoms with Gasteiger partial charge in [-0.25, -0.2) is 0 Å². The molecule has 1 N–H and O–H groups in total. The molecule has 0 bridgehead atoms. The summed E-state index contributed by atoms with van der Waals surface area (Å²) in [5.74, 6) is 2.50. The summed E-state index contributed by atoms with van der Waals surface area (Å²) in [6.45, 7) is 3.38. The zero-order valence-corrected chi connectivity index (χ0v) is 15.7. The third-order valence-electron chi connectivity index (χ3n) is 4.24. The molecular formula is C18H24N4O5. The van der Waals surface area contributed by atoms with Crippen molar-refractivity contribution in [3.05, 3.63) is 41.5 Å². The monoisotopic (exact) mass is 376 g/mol. The van der Waals surface area contributed by atoms with Crippen LogP contribution in [0.2, 0.25) is 0 Å². The van der Waals surface area contributed by atoms with Crippen LogP contribution in [0.5, 0.6) is 5.75 Å². The Balaban J connectivity index is 0.000000817. The molecule has 0 radical (unpaired) electrons. The number of nitrogens with zero attached hydrogens (tertiary/aromatic N) is 4. The number of rotatable bonds is 5. The predicted molar refractivity (Wildman–Crippen MR) is 96.3 cm³/mol. The van der Waals surface area contributed by atoms with E-state index in [1.807, 2.05) is 29.2 Å². The van der Waals surface area contributed by atoms with Crippen molar-refractivity contribution in [3.63, 3.8) is 0 Å². The first-order valence-electron chi connectivity index (χ1n) is 8.44. The highest BCUT2D eigenvalue weighted by atomic mass is 16.5. The highest BCUT2D eigenvalue weighted by Crippen LogP contribution is 2.22. The molecule has 0 saturated carbocycles. The molecule has 1 aromatic heterocycles.